The van der Waals surface area contributed by atoms with Crippen molar-refractivity contribution in [1.29, 1.82) is 0 Å². The first-order chi connectivity index (χ1) is 8.50. The Morgan fingerprint density at radius 1 is 1.50 bits per heavy atom. The molecule has 0 saturated carbocycles. The van der Waals surface area contributed by atoms with Crippen LogP contribution in [-0.2, 0) is 9.53 Å². The molecule has 0 aromatic carbocycles. The van der Waals surface area contributed by atoms with Crippen molar-refractivity contribution in [2.24, 2.45) is 0 Å². The van der Waals surface area contributed by atoms with Gasteiger partial charge < -0.3 is 19.9 Å². The van der Waals surface area contributed by atoms with Crippen molar-refractivity contribution in [3.8, 4) is 0 Å². The Bertz CT molecular complexity index is 303. The second-order valence-corrected chi connectivity index (χ2v) is 5.99. The molecule has 2 heterocycles. The van der Waals surface area contributed by atoms with E-state index in [9.17, 15) is 4.79 Å². The first-order valence-electron chi connectivity index (χ1n) is 6.79. The number of likely N-dealkylation sites (tertiary alicyclic amines) is 1. The molecule has 104 valence electrons. The number of carbonyl (C=O) groups is 1. The summed E-state index contributed by atoms with van der Waals surface area (Å²) in [6.45, 7) is 5.81. The van der Waals surface area contributed by atoms with E-state index in [1.54, 1.807) is 0 Å². The molecule has 2 aliphatic rings. The van der Waals surface area contributed by atoms with Crippen molar-refractivity contribution in [2.75, 3.05) is 46.9 Å². The molecular formula is C13H25N3O2. The molecule has 18 heavy (non-hydrogen) atoms. The Kier molecular flexibility index (Phi) is 4.25. The zero-order valence-corrected chi connectivity index (χ0v) is 11.7. The Morgan fingerprint density at radius 2 is 2.22 bits per heavy atom. The molecule has 0 bridgehead atoms. The number of nitrogens with one attached hydrogen (secondary N) is 1. The Morgan fingerprint density at radius 3 is 2.78 bits per heavy atom. The normalized spacial score (nSPS) is 26.4. The number of hydrogen-bond acceptors (Lipinski definition) is 4. The van der Waals surface area contributed by atoms with E-state index in [0.29, 0.717) is 6.04 Å². The number of likely N-dealkylation sites (N-methyl/N-ethyl adjacent to an activating group) is 1. The minimum absolute atomic E-state index is 0.133. The minimum atomic E-state index is -0.133. The monoisotopic (exact) mass is 255 g/mol. The van der Waals surface area contributed by atoms with Crippen LogP contribution in [0.1, 0.15) is 19.8 Å². The van der Waals surface area contributed by atoms with Crippen molar-refractivity contribution in [2.45, 2.75) is 31.4 Å². The van der Waals surface area contributed by atoms with Crippen LogP contribution in [0.5, 0.6) is 0 Å². The van der Waals surface area contributed by atoms with E-state index in [-0.39, 0.29) is 18.1 Å². The van der Waals surface area contributed by atoms with E-state index in [4.69, 9.17) is 4.74 Å². The van der Waals surface area contributed by atoms with Crippen molar-refractivity contribution >= 4 is 5.91 Å². The maximum absolute atomic E-state index is 12.2. The van der Waals surface area contributed by atoms with Gasteiger partial charge in [0, 0.05) is 32.2 Å². The summed E-state index contributed by atoms with van der Waals surface area (Å²) < 4.78 is 5.73. The molecule has 2 aliphatic heterocycles. The second-order valence-electron chi connectivity index (χ2n) is 5.99. The maximum Gasteiger partial charge on any atom is 0.248 e. The minimum Gasteiger partial charge on any atom is -0.363 e. The largest absolute Gasteiger partial charge is 0.363 e. The summed E-state index contributed by atoms with van der Waals surface area (Å²) in [6.07, 6.45) is 2.23. The molecule has 0 aromatic heterocycles. The molecule has 2 rings (SSSR count). The average molecular weight is 255 g/mol. The van der Waals surface area contributed by atoms with Gasteiger partial charge in [-0.05, 0) is 33.9 Å². The molecule has 0 aliphatic carbocycles. The summed E-state index contributed by atoms with van der Waals surface area (Å²) in [5.41, 5.74) is -0.133. The average Bonchev–Trinajstić information content (AvgIpc) is 2.70. The highest BCUT2D eigenvalue weighted by Crippen LogP contribution is 2.20. The molecule has 2 saturated heterocycles. The summed E-state index contributed by atoms with van der Waals surface area (Å²) >= 11 is 0. The van der Waals surface area contributed by atoms with Crippen molar-refractivity contribution < 1.29 is 9.53 Å². The lowest BCUT2D eigenvalue weighted by Crippen LogP contribution is -2.60. The number of nitrogens with zero attached hydrogens (tertiary/aromatic N) is 2. The molecule has 0 radical (unpaired) electrons. The molecule has 2 fully saturated rings. The Balaban J connectivity index is 1.80. The molecular weight excluding hydrogens is 230 g/mol. The summed E-state index contributed by atoms with van der Waals surface area (Å²) in [5.74, 6) is 0.146. The molecule has 5 heteroatoms. The van der Waals surface area contributed by atoms with Crippen LogP contribution in [-0.4, -0.2) is 74.2 Å². The van der Waals surface area contributed by atoms with Gasteiger partial charge in [0.1, 0.15) is 6.61 Å². The molecule has 1 N–H and O–H groups in total. The van der Waals surface area contributed by atoms with Gasteiger partial charge in [0.15, 0.2) is 0 Å². The van der Waals surface area contributed by atoms with Gasteiger partial charge in [-0.3, -0.25) is 4.79 Å². The van der Waals surface area contributed by atoms with Gasteiger partial charge in [0.05, 0.1) is 5.60 Å². The fourth-order valence-corrected chi connectivity index (χ4v) is 2.67. The van der Waals surface area contributed by atoms with Crippen LogP contribution in [0.3, 0.4) is 0 Å². The topological polar surface area (TPSA) is 44.8 Å². The zero-order valence-electron chi connectivity index (χ0n) is 11.7. The number of hydrogen-bond donors (Lipinski definition) is 1. The van der Waals surface area contributed by atoms with Gasteiger partial charge in [0.2, 0.25) is 5.91 Å². The molecule has 1 atom stereocenters. The fourth-order valence-electron chi connectivity index (χ4n) is 2.67. The van der Waals surface area contributed by atoms with Crippen LogP contribution in [0.25, 0.3) is 0 Å². The first-order valence-corrected chi connectivity index (χ1v) is 6.79. The van der Waals surface area contributed by atoms with E-state index in [2.05, 4.69) is 31.2 Å². The quantitative estimate of drug-likeness (QED) is 0.746. The van der Waals surface area contributed by atoms with E-state index in [1.165, 1.54) is 0 Å². The van der Waals surface area contributed by atoms with Crippen LogP contribution in [0.15, 0.2) is 0 Å². The number of carbonyl (C=O) groups excluding carboxylic acids is 1. The van der Waals surface area contributed by atoms with Crippen LogP contribution < -0.4 is 5.32 Å². The standard InChI is InChI=1S/C13H25N3O2/c1-13(9-14-10-13)18-8-12(17)16-6-4-5-11(16)7-15(2)3/h11,14H,4-10H2,1-3H3. The highest BCUT2D eigenvalue weighted by Gasteiger charge is 2.35. The van der Waals surface area contributed by atoms with E-state index >= 15 is 0 Å². The first kappa shape index (κ1) is 13.8. The van der Waals surface area contributed by atoms with Crippen molar-refractivity contribution in [3.63, 3.8) is 0 Å². The number of rotatable bonds is 5. The van der Waals surface area contributed by atoms with Crippen LogP contribution in [0.2, 0.25) is 0 Å². The van der Waals surface area contributed by atoms with Crippen LogP contribution in [0, 0.1) is 0 Å². The lowest BCUT2D eigenvalue weighted by molar-refractivity contribution is -0.146. The molecule has 0 aromatic rings. The summed E-state index contributed by atoms with van der Waals surface area (Å²) in [4.78, 5) is 16.3. The maximum atomic E-state index is 12.2. The summed E-state index contributed by atoms with van der Waals surface area (Å²) in [5, 5.41) is 3.17. The van der Waals surface area contributed by atoms with Gasteiger partial charge in [0.25, 0.3) is 0 Å². The van der Waals surface area contributed by atoms with Gasteiger partial charge in [-0.1, -0.05) is 0 Å². The number of amides is 1. The second kappa shape index (κ2) is 5.55. The SMILES string of the molecule is CN(C)CC1CCCN1C(=O)COC1(C)CNC1. The lowest BCUT2D eigenvalue weighted by atomic mass is 10.0. The predicted octanol–water partition coefficient (Wildman–Crippen LogP) is -0.0825. The lowest BCUT2D eigenvalue weighted by Gasteiger charge is -2.39. The van der Waals surface area contributed by atoms with E-state index in [1.807, 2.05) is 4.90 Å². The highest BCUT2D eigenvalue weighted by molar-refractivity contribution is 5.78. The molecule has 0 spiro atoms. The third-order valence-corrected chi connectivity index (χ3v) is 3.82. The third kappa shape index (κ3) is 3.22. The third-order valence-electron chi connectivity index (χ3n) is 3.82. The van der Waals surface area contributed by atoms with Gasteiger partial charge in [-0.25, -0.2) is 0 Å². The smallest absolute Gasteiger partial charge is 0.248 e. The zero-order chi connectivity index (χ0) is 13.2. The van der Waals surface area contributed by atoms with Crippen LogP contribution in [0.4, 0.5) is 0 Å². The molecule has 5 nitrogen and oxygen atoms in total. The Labute approximate surface area is 109 Å². The van der Waals surface area contributed by atoms with Crippen molar-refractivity contribution in [1.82, 2.24) is 15.1 Å². The summed E-state index contributed by atoms with van der Waals surface area (Å²) in [6, 6.07) is 0.364. The Hall–Kier alpha value is -0.650. The number of ether oxygens (including phenoxy) is 1. The summed E-state index contributed by atoms with van der Waals surface area (Å²) in [7, 11) is 4.11. The predicted molar refractivity (Wildman–Crippen MR) is 70.5 cm³/mol. The van der Waals surface area contributed by atoms with Gasteiger partial charge in [-0.15, -0.1) is 0 Å². The van der Waals surface area contributed by atoms with E-state index < -0.39 is 0 Å². The van der Waals surface area contributed by atoms with Gasteiger partial charge in [-0.2, -0.15) is 0 Å². The van der Waals surface area contributed by atoms with E-state index in [0.717, 1.165) is 39.0 Å². The van der Waals surface area contributed by atoms with Crippen molar-refractivity contribution in [3.05, 3.63) is 0 Å². The highest BCUT2D eigenvalue weighted by atomic mass is 16.5. The van der Waals surface area contributed by atoms with Gasteiger partial charge >= 0.3 is 0 Å². The van der Waals surface area contributed by atoms with Crippen LogP contribution >= 0.6 is 0 Å². The fraction of sp³-hybridized carbons (Fsp3) is 0.923. The molecule has 1 unspecified atom stereocenters. The molecule has 1 amide bonds.